The maximum atomic E-state index is 9.08. The van der Waals surface area contributed by atoms with Gasteiger partial charge in [-0.05, 0) is 43.7 Å². The standard InChI is InChI=1S/C13H17N3/c1-3-15-13-11(8-14)7-10-6-4-5-9(2)12(10)16-13/h7,9H,3-6H2,1-2H3,(H,15,16). The van der Waals surface area contributed by atoms with E-state index < -0.39 is 0 Å². The summed E-state index contributed by atoms with van der Waals surface area (Å²) in [6.07, 6.45) is 3.48. The largest absolute Gasteiger partial charge is 0.369 e. The van der Waals surface area contributed by atoms with Crippen LogP contribution >= 0.6 is 0 Å². The maximum absolute atomic E-state index is 9.08. The van der Waals surface area contributed by atoms with Crippen molar-refractivity contribution in [3.05, 3.63) is 22.9 Å². The molecular formula is C13H17N3. The second-order valence-corrected chi connectivity index (χ2v) is 4.36. The molecule has 0 amide bonds. The van der Waals surface area contributed by atoms with Gasteiger partial charge in [0, 0.05) is 12.2 Å². The number of hydrogen-bond acceptors (Lipinski definition) is 3. The van der Waals surface area contributed by atoms with Crippen LogP contribution in [0.4, 0.5) is 5.82 Å². The Morgan fingerprint density at radius 1 is 1.62 bits per heavy atom. The maximum Gasteiger partial charge on any atom is 0.144 e. The van der Waals surface area contributed by atoms with E-state index in [0.29, 0.717) is 11.5 Å². The molecule has 84 valence electrons. The van der Waals surface area contributed by atoms with Gasteiger partial charge in [-0.3, -0.25) is 0 Å². The Balaban J connectivity index is 2.48. The summed E-state index contributed by atoms with van der Waals surface area (Å²) < 4.78 is 0. The van der Waals surface area contributed by atoms with E-state index in [2.05, 4.69) is 23.3 Å². The highest BCUT2D eigenvalue weighted by Crippen LogP contribution is 2.31. The van der Waals surface area contributed by atoms with Crippen molar-refractivity contribution in [2.24, 2.45) is 0 Å². The van der Waals surface area contributed by atoms with Crippen LogP contribution in [0.2, 0.25) is 0 Å². The third-order valence-corrected chi connectivity index (χ3v) is 3.15. The predicted octanol–water partition coefficient (Wildman–Crippen LogP) is 2.82. The van der Waals surface area contributed by atoms with Crippen LogP contribution < -0.4 is 5.32 Å². The average Bonchev–Trinajstić information content (AvgIpc) is 2.30. The number of aryl methyl sites for hydroxylation is 1. The van der Waals surface area contributed by atoms with Gasteiger partial charge in [-0.1, -0.05) is 6.92 Å². The fourth-order valence-electron chi connectivity index (χ4n) is 2.32. The molecular weight excluding hydrogens is 198 g/mol. The summed E-state index contributed by atoms with van der Waals surface area (Å²) in [6, 6.07) is 4.23. The monoisotopic (exact) mass is 215 g/mol. The zero-order valence-electron chi connectivity index (χ0n) is 9.88. The first-order valence-corrected chi connectivity index (χ1v) is 5.94. The van der Waals surface area contributed by atoms with E-state index in [1.807, 2.05) is 13.0 Å². The molecule has 0 saturated carbocycles. The van der Waals surface area contributed by atoms with Crippen molar-refractivity contribution in [1.29, 1.82) is 5.26 Å². The molecule has 1 aromatic rings. The summed E-state index contributed by atoms with van der Waals surface area (Å²) >= 11 is 0. The number of nitriles is 1. The minimum Gasteiger partial charge on any atom is -0.369 e. The van der Waals surface area contributed by atoms with Gasteiger partial charge in [0.2, 0.25) is 0 Å². The van der Waals surface area contributed by atoms with E-state index in [0.717, 1.165) is 18.8 Å². The summed E-state index contributed by atoms with van der Waals surface area (Å²) in [5, 5.41) is 12.2. The van der Waals surface area contributed by atoms with Crippen LogP contribution in [0, 0.1) is 11.3 Å². The Morgan fingerprint density at radius 3 is 3.12 bits per heavy atom. The second kappa shape index (κ2) is 4.52. The Labute approximate surface area is 96.5 Å². The lowest BCUT2D eigenvalue weighted by Gasteiger charge is -2.22. The molecule has 1 unspecified atom stereocenters. The molecule has 16 heavy (non-hydrogen) atoms. The first-order valence-electron chi connectivity index (χ1n) is 5.94. The number of fused-ring (bicyclic) bond motifs is 1. The lowest BCUT2D eigenvalue weighted by atomic mass is 9.87. The van der Waals surface area contributed by atoms with Crippen LogP contribution in [-0.4, -0.2) is 11.5 Å². The van der Waals surface area contributed by atoms with Crippen LogP contribution in [-0.2, 0) is 6.42 Å². The number of nitrogens with one attached hydrogen (secondary N) is 1. The van der Waals surface area contributed by atoms with E-state index in [1.54, 1.807) is 0 Å². The van der Waals surface area contributed by atoms with Crippen molar-refractivity contribution in [1.82, 2.24) is 4.98 Å². The Hall–Kier alpha value is -1.56. The molecule has 0 fully saturated rings. The third kappa shape index (κ3) is 1.88. The van der Waals surface area contributed by atoms with Crippen molar-refractivity contribution >= 4 is 5.82 Å². The van der Waals surface area contributed by atoms with Crippen molar-refractivity contribution in [2.75, 3.05) is 11.9 Å². The Morgan fingerprint density at radius 2 is 2.44 bits per heavy atom. The van der Waals surface area contributed by atoms with Gasteiger partial charge in [0.25, 0.3) is 0 Å². The van der Waals surface area contributed by atoms with Gasteiger partial charge in [-0.25, -0.2) is 4.98 Å². The quantitative estimate of drug-likeness (QED) is 0.825. The molecule has 1 atom stereocenters. The van der Waals surface area contributed by atoms with Gasteiger partial charge in [0.15, 0.2) is 0 Å². The molecule has 1 N–H and O–H groups in total. The summed E-state index contributed by atoms with van der Waals surface area (Å²) in [4.78, 5) is 4.62. The lowest BCUT2D eigenvalue weighted by molar-refractivity contribution is 0.574. The molecule has 1 aliphatic rings. The fourth-order valence-corrected chi connectivity index (χ4v) is 2.32. The van der Waals surface area contributed by atoms with Gasteiger partial charge in [-0.15, -0.1) is 0 Å². The minimum absolute atomic E-state index is 0.522. The molecule has 1 aliphatic carbocycles. The third-order valence-electron chi connectivity index (χ3n) is 3.15. The smallest absolute Gasteiger partial charge is 0.144 e. The Kier molecular flexibility index (Phi) is 3.09. The number of hydrogen-bond donors (Lipinski definition) is 1. The number of aromatic nitrogens is 1. The number of anilines is 1. The van der Waals surface area contributed by atoms with Crippen LogP contribution in [0.25, 0.3) is 0 Å². The molecule has 0 radical (unpaired) electrons. The summed E-state index contributed by atoms with van der Waals surface area (Å²) in [6.45, 7) is 5.04. The normalized spacial score (nSPS) is 18.7. The van der Waals surface area contributed by atoms with Gasteiger partial charge in [0.1, 0.15) is 11.9 Å². The van der Waals surface area contributed by atoms with Crippen LogP contribution in [0.3, 0.4) is 0 Å². The highest BCUT2D eigenvalue weighted by Gasteiger charge is 2.20. The zero-order chi connectivity index (χ0) is 11.5. The molecule has 3 heteroatoms. The van der Waals surface area contributed by atoms with Crippen molar-refractivity contribution in [3.8, 4) is 6.07 Å². The highest BCUT2D eigenvalue weighted by atomic mass is 15.0. The Bertz CT molecular complexity index is 432. The van der Waals surface area contributed by atoms with E-state index in [1.165, 1.54) is 24.1 Å². The van der Waals surface area contributed by atoms with Crippen LogP contribution in [0.15, 0.2) is 6.07 Å². The summed E-state index contributed by atoms with van der Waals surface area (Å²) in [5.74, 6) is 1.27. The van der Waals surface area contributed by atoms with E-state index in [9.17, 15) is 0 Å². The molecule has 0 aromatic carbocycles. The highest BCUT2D eigenvalue weighted by molar-refractivity contribution is 5.55. The van der Waals surface area contributed by atoms with Crippen molar-refractivity contribution < 1.29 is 0 Å². The summed E-state index contributed by atoms with van der Waals surface area (Å²) in [7, 11) is 0. The molecule has 1 aromatic heterocycles. The number of pyridine rings is 1. The molecule has 0 spiro atoms. The van der Waals surface area contributed by atoms with Gasteiger partial charge < -0.3 is 5.32 Å². The molecule has 0 aliphatic heterocycles. The van der Waals surface area contributed by atoms with Crippen LogP contribution in [0.1, 0.15) is 49.4 Å². The fraction of sp³-hybridized carbons (Fsp3) is 0.538. The van der Waals surface area contributed by atoms with Gasteiger partial charge in [0.05, 0.1) is 5.56 Å². The number of rotatable bonds is 2. The SMILES string of the molecule is CCNc1nc2c(cc1C#N)CCCC2C. The molecule has 3 nitrogen and oxygen atoms in total. The topological polar surface area (TPSA) is 48.7 Å². The minimum atomic E-state index is 0.522. The van der Waals surface area contributed by atoms with Crippen LogP contribution in [0.5, 0.6) is 0 Å². The first-order chi connectivity index (χ1) is 7.76. The predicted molar refractivity (Wildman–Crippen MR) is 64.5 cm³/mol. The first kappa shape index (κ1) is 10.9. The van der Waals surface area contributed by atoms with E-state index in [4.69, 9.17) is 5.26 Å². The zero-order valence-corrected chi connectivity index (χ0v) is 9.88. The molecule has 0 saturated heterocycles. The summed E-state index contributed by atoms with van der Waals surface area (Å²) in [5.41, 5.74) is 3.12. The number of nitrogens with zero attached hydrogens (tertiary/aromatic N) is 2. The van der Waals surface area contributed by atoms with E-state index in [-0.39, 0.29) is 0 Å². The average molecular weight is 215 g/mol. The lowest BCUT2D eigenvalue weighted by Crippen LogP contribution is -2.13. The van der Waals surface area contributed by atoms with Crippen molar-refractivity contribution in [2.45, 2.75) is 39.0 Å². The van der Waals surface area contributed by atoms with Gasteiger partial charge in [-0.2, -0.15) is 5.26 Å². The molecule has 1 heterocycles. The van der Waals surface area contributed by atoms with Gasteiger partial charge >= 0.3 is 0 Å². The molecule has 0 bridgehead atoms. The van der Waals surface area contributed by atoms with E-state index >= 15 is 0 Å². The van der Waals surface area contributed by atoms with Crippen molar-refractivity contribution in [3.63, 3.8) is 0 Å². The second-order valence-electron chi connectivity index (χ2n) is 4.36. The molecule has 2 rings (SSSR count).